The fraction of sp³-hybridized carbons (Fsp3) is 0.208. The monoisotopic (exact) mass is 440 g/mol. The van der Waals surface area contributed by atoms with Crippen molar-refractivity contribution in [3.05, 3.63) is 87.9 Å². The first-order valence-corrected chi connectivity index (χ1v) is 10.6. The van der Waals surface area contributed by atoms with Crippen LogP contribution in [0.3, 0.4) is 0 Å². The maximum Gasteiger partial charge on any atom is 0.157 e. The molecule has 154 valence electrons. The summed E-state index contributed by atoms with van der Waals surface area (Å²) in [6.45, 7) is 3.78. The Bertz CT molecular complexity index is 978. The first-order valence-electron chi connectivity index (χ1n) is 9.81. The van der Waals surface area contributed by atoms with Gasteiger partial charge in [-0.1, -0.05) is 53.5 Å². The van der Waals surface area contributed by atoms with Crippen molar-refractivity contribution >= 4 is 40.8 Å². The summed E-state index contributed by atoms with van der Waals surface area (Å²) in [5, 5.41) is 0.921. The first-order chi connectivity index (χ1) is 14.7. The van der Waals surface area contributed by atoms with Gasteiger partial charge in [-0.05, 0) is 47.5 Å². The van der Waals surface area contributed by atoms with Crippen LogP contribution in [-0.4, -0.2) is 32.5 Å². The molecule has 0 atom stereocenters. The van der Waals surface area contributed by atoms with E-state index in [4.69, 9.17) is 32.7 Å². The van der Waals surface area contributed by atoms with Crippen LogP contribution in [-0.2, 0) is 11.3 Å². The van der Waals surface area contributed by atoms with Gasteiger partial charge in [-0.15, -0.1) is 0 Å². The molecule has 1 saturated heterocycles. The summed E-state index contributed by atoms with van der Waals surface area (Å²) in [5.74, 6) is 0.481. The molecule has 30 heavy (non-hydrogen) atoms. The van der Waals surface area contributed by atoms with Crippen LogP contribution in [0.25, 0.3) is 0 Å². The fourth-order valence-electron chi connectivity index (χ4n) is 3.24. The Morgan fingerprint density at radius 3 is 2.27 bits per heavy atom. The normalized spacial score (nSPS) is 14.3. The SMILES string of the molecule is Clc1cc(C=Nc2ccc(N3CCOCC3)cc2)cc(Cl)c1OCc1ccccc1. The Kier molecular flexibility index (Phi) is 6.90. The zero-order chi connectivity index (χ0) is 20.8. The van der Waals surface area contributed by atoms with Crippen molar-refractivity contribution in [2.75, 3.05) is 31.2 Å². The van der Waals surface area contributed by atoms with E-state index in [9.17, 15) is 0 Å². The van der Waals surface area contributed by atoms with Gasteiger partial charge in [0.05, 0.1) is 28.9 Å². The highest BCUT2D eigenvalue weighted by Gasteiger charge is 2.11. The standard InChI is InChI=1S/C24H22Cl2N2O2/c25-22-14-19(15-23(26)24(22)30-17-18-4-2-1-3-5-18)16-27-20-6-8-21(9-7-20)28-10-12-29-13-11-28/h1-9,14-16H,10-13,17H2. The average Bonchev–Trinajstić information content (AvgIpc) is 2.79. The molecule has 3 aromatic rings. The van der Waals surface area contributed by atoms with Gasteiger partial charge in [-0.2, -0.15) is 0 Å². The quantitative estimate of drug-likeness (QED) is 0.430. The van der Waals surface area contributed by atoms with Crippen molar-refractivity contribution < 1.29 is 9.47 Å². The third kappa shape index (κ3) is 5.33. The van der Waals surface area contributed by atoms with Crippen molar-refractivity contribution in [2.24, 2.45) is 4.99 Å². The number of rotatable bonds is 6. The zero-order valence-electron chi connectivity index (χ0n) is 16.4. The maximum atomic E-state index is 6.40. The number of halogens is 2. The molecule has 1 fully saturated rings. The lowest BCUT2D eigenvalue weighted by atomic mass is 10.2. The highest BCUT2D eigenvalue weighted by molar-refractivity contribution is 6.37. The molecule has 0 bridgehead atoms. The largest absolute Gasteiger partial charge is 0.486 e. The lowest BCUT2D eigenvalue weighted by Gasteiger charge is -2.28. The third-order valence-electron chi connectivity index (χ3n) is 4.84. The molecule has 3 aromatic carbocycles. The summed E-state index contributed by atoms with van der Waals surface area (Å²) >= 11 is 12.8. The average molecular weight is 441 g/mol. The van der Waals surface area contributed by atoms with Crippen molar-refractivity contribution in [1.29, 1.82) is 0 Å². The summed E-state index contributed by atoms with van der Waals surface area (Å²) in [7, 11) is 0. The summed E-state index contributed by atoms with van der Waals surface area (Å²) < 4.78 is 11.2. The van der Waals surface area contributed by atoms with Crippen molar-refractivity contribution in [1.82, 2.24) is 0 Å². The second kappa shape index (κ2) is 9.98. The number of morpholine rings is 1. The molecule has 6 heteroatoms. The maximum absolute atomic E-state index is 6.40. The fourth-order valence-corrected chi connectivity index (χ4v) is 3.85. The van der Waals surface area contributed by atoms with Gasteiger partial charge in [0.25, 0.3) is 0 Å². The van der Waals surface area contributed by atoms with Gasteiger partial charge in [-0.25, -0.2) is 0 Å². The van der Waals surface area contributed by atoms with Crippen LogP contribution in [0, 0.1) is 0 Å². The van der Waals surface area contributed by atoms with Crippen molar-refractivity contribution in [3.63, 3.8) is 0 Å². The van der Waals surface area contributed by atoms with Gasteiger partial charge < -0.3 is 14.4 Å². The van der Waals surface area contributed by atoms with E-state index in [1.807, 2.05) is 42.5 Å². The first kappa shape index (κ1) is 20.7. The van der Waals surface area contributed by atoms with E-state index >= 15 is 0 Å². The van der Waals surface area contributed by atoms with Crippen molar-refractivity contribution in [2.45, 2.75) is 6.61 Å². The van der Waals surface area contributed by atoms with E-state index in [0.717, 1.165) is 43.1 Å². The highest BCUT2D eigenvalue weighted by Crippen LogP contribution is 2.34. The van der Waals surface area contributed by atoms with Gasteiger partial charge in [0.1, 0.15) is 6.61 Å². The Labute approximate surface area is 186 Å². The second-order valence-electron chi connectivity index (χ2n) is 6.96. The molecule has 0 aliphatic carbocycles. The highest BCUT2D eigenvalue weighted by atomic mass is 35.5. The number of aliphatic imine (C=N–C) groups is 1. The predicted molar refractivity (Wildman–Crippen MR) is 124 cm³/mol. The number of ether oxygens (including phenoxy) is 2. The molecule has 4 rings (SSSR count). The van der Waals surface area contributed by atoms with E-state index in [0.29, 0.717) is 22.4 Å². The molecule has 0 N–H and O–H groups in total. The number of hydrogen-bond donors (Lipinski definition) is 0. The second-order valence-corrected chi connectivity index (χ2v) is 7.78. The van der Waals surface area contributed by atoms with Gasteiger partial charge in [-0.3, -0.25) is 4.99 Å². The van der Waals surface area contributed by atoms with Crippen LogP contribution in [0.15, 0.2) is 71.7 Å². The molecular weight excluding hydrogens is 419 g/mol. The number of hydrogen-bond acceptors (Lipinski definition) is 4. The van der Waals surface area contributed by atoms with E-state index in [-0.39, 0.29) is 0 Å². The minimum atomic E-state index is 0.406. The van der Waals surface area contributed by atoms with Crippen LogP contribution in [0.4, 0.5) is 11.4 Å². The smallest absolute Gasteiger partial charge is 0.157 e. The molecule has 1 heterocycles. The molecule has 0 amide bonds. The van der Waals surface area contributed by atoms with Crippen LogP contribution in [0.2, 0.25) is 10.0 Å². The summed E-state index contributed by atoms with van der Waals surface area (Å²) in [6.07, 6.45) is 1.75. The van der Waals surface area contributed by atoms with Gasteiger partial charge in [0.2, 0.25) is 0 Å². The number of nitrogens with zero attached hydrogens (tertiary/aromatic N) is 2. The van der Waals surface area contributed by atoms with Gasteiger partial charge in [0, 0.05) is 25.0 Å². The minimum absolute atomic E-state index is 0.406. The molecule has 0 radical (unpaired) electrons. The Balaban J connectivity index is 1.42. The van der Waals surface area contributed by atoms with E-state index in [2.05, 4.69) is 22.0 Å². The number of benzene rings is 3. The minimum Gasteiger partial charge on any atom is -0.486 e. The number of anilines is 1. The van der Waals surface area contributed by atoms with E-state index < -0.39 is 0 Å². The lowest BCUT2D eigenvalue weighted by Crippen LogP contribution is -2.36. The van der Waals surface area contributed by atoms with Gasteiger partial charge >= 0.3 is 0 Å². The molecule has 1 aliphatic heterocycles. The summed E-state index contributed by atoms with van der Waals surface area (Å²) in [6, 6.07) is 21.7. The Morgan fingerprint density at radius 2 is 1.60 bits per heavy atom. The van der Waals surface area contributed by atoms with Crippen LogP contribution < -0.4 is 9.64 Å². The Hall–Kier alpha value is -2.53. The Morgan fingerprint density at radius 1 is 0.933 bits per heavy atom. The molecule has 4 nitrogen and oxygen atoms in total. The summed E-state index contributed by atoms with van der Waals surface area (Å²) in [5.41, 5.74) is 3.91. The van der Waals surface area contributed by atoms with E-state index in [1.165, 1.54) is 5.69 Å². The molecule has 0 spiro atoms. The van der Waals surface area contributed by atoms with E-state index in [1.54, 1.807) is 18.3 Å². The molecule has 0 unspecified atom stereocenters. The molecule has 0 saturated carbocycles. The predicted octanol–water partition coefficient (Wildman–Crippen LogP) is 6.16. The van der Waals surface area contributed by atoms with Crippen LogP contribution in [0.1, 0.15) is 11.1 Å². The van der Waals surface area contributed by atoms with Crippen LogP contribution in [0.5, 0.6) is 5.75 Å². The molecule has 0 aromatic heterocycles. The molecule has 1 aliphatic rings. The molecular formula is C24H22Cl2N2O2. The van der Waals surface area contributed by atoms with Crippen LogP contribution >= 0.6 is 23.2 Å². The van der Waals surface area contributed by atoms with Gasteiger partial charge in [0.15, 0.2) is 5.75 Å². The zero-order valence-corrected chi connectivity index (χ0v) is 17.9. The summed E-state index contributed by atoms with van der Waals surface area (Å²) in [4.78, 5) is 6.85. The third-order valence-corrected chi connectivity index (χ3v) is 5.40. The van der Waals surface area contributed by atoms with Crippen molar-refractivity contribution in [3.8, 4) is 5.75 Å². The lowest BCUT2D eigenvalue weighted by molar-refractivity contribution is 0.122. The topological polar surface area (TPSA) is 34.1 Å².